The fourth-order valence-corrected chi connectivity index (χ4v) is 2.66. The lowest BCUT2D eigenvalue weighted by molar-refractivity contribution is 0.173. The van der Waals surface area contributed by atoms with Crippen LogP contribution in [0.1, 0.15) is 22.8 Å². The van der Waals surface area contributed by atoms with Crippen molar-refractivity contribution in [2.75, 3.05) is 6.79 Å². The van der Waals surface area contributed by atoms with Gasteiger partial charge in [0.25, 0.3) is 0 Å². The lowest BCUT2D eigenvalue weighted by atomic mass is 9.99. The van der Waals surface area contributed by atoms with Gasteiger partial charge < -0.3 is 14.6 Å². The first-order valence-electron chi connectivity index (χ1n) is 5.84. The number of aromatic nitrogens is 1. The van der Waals surface area contributed by atoms with Gasteiger partial charge >= 0.3 is 0 Å². The van der Waals surface area contributed by atoms with Crippen LogP contribution in [0.15, 0.2) is 35.1 Å². The largest absolute Gasteiger partial charge is 0.454 e. The van der Waals surface area contributed by atoms with Crippen LogP contribution in [0, 0.1) is 6.92 Å². The average molecular weight is 322 g/mol. The number of nitrogens with zero attached hydrogens (tertiary/aromatic N) is 1. The van der Waals surface area contributed by atoms with Gasteiger partial charge in [0.2, 0.25) is 6.79 Å². The maximum Gasteiger partial charge on any atom is 0.231 e. The van der Waals surface area contributed by atoms with E-state index in [2.05, 4.69) is 20.9 Å². The Balaban J connectivity index is 2.03. The molecule has 0 saturated heterocycles. The number of ether oxygens (including phenoxy) is 2. The molecule has 4 nitrogen and oxygen atoms in total. The Hall–Kier alpha value is -1.59. The summed E-state index contributed by atoms with van der Waals surface area (Å²) in [5.41, 5.74) is 2.52. The van der Waals surface area contributed by atoms with Gasteiger partial charge in [0.15, 0.2) is 11.5 Å². The van der Waals surface area contributed by atoms with E-state index in [9.17, 15) is 5.11 Å². The van der Waals surface area contributed by atoms with Crippen molar-refractivity contribution in [3.63, 3.8) is 0 Å². The first-order chi connectivity index (χ1) is 9.16. The summed E-state index contributed by atoms with van der Waals surface area (Å²) in [7, 11) is 0. The molecule has 2 aromatic rings. The van der Waals surface area contributed by atoms with Crippen LogP contribution >= 0.6 is 15.9 Å². The molecule has 1 unspecified atom stereocenters. The van der Waals surface area contributed by atoms with Crippen LogP contribution in [0.5, 0.6) is 11.5 Å². The van der Waals surface area contributed by atoms with Gasteiger partial charge in [0.05, 0.1) is 4.47 Å². The Kier molecular flexibility index (Phi) is 3.16. The highest BCUT2D eigenvalue weighted by atomic mass is 79.9. The summed E-state index contributed by atoms with van der Waals surface area (Å²) >= 11 is 3.43. The summed E-state index contributed by atoms with van der Waals surface area (Å²) in [5, 5.41) is 10.5. The van der Waals surface area contributed by atoms with E-state index >= 15 is 0 Å². The van der Waals surface area contributed by atoms with Crippen LogP contribution in [-0.2, 0) is 0 Å². The summed E-state index contributed by atoms with van der Waals surface area (Å²) < 4.78 is 11.5. The van der Waals surface area contributed by atoms with E-state index in [-0.39, 0.29) is 6.79 Å². The van der Waals surface area contributed by atoms with Crippen LogP contribution in [-0.4, -0.2) is 16.9 Å². The van der Waals surface area contributed by atoms with Gasteiger partial charge in [-0.25, -0.2) is 0 Å². The summed E-state index contributed by atoms with van der Waals surface area (Å²) in [5.74, 6) is 1.32. The van der Waals surface area contributed by atoms with Gasteiger partial charge in [-0.1, -0.05) is 0 Å². The van der Waals surface area contributed by atoms with Crippen molar-refractivity contribution >= 4 is 15.9 Å². The summed E-state index contributed by atoms with van der Waals surface area (Å²) in [6, 6.07) is 5.51. The molecule has 1 aromatic heterocycles. The maximum atomic E-state index is 10.5. The number of fused-ring (bicyclic) bond motifs is 1. The van der Waals surface area contributed by atoms with Gasteiger partial charge in [-0.15, -0.1) is 0 Å². The molecule has 1 aliphatic heterocycles. The third-order valence-corrected chi connectivity index (χ3v) is 3.73. The molecule has 1 aliphatic rings. The van der Waals surface area contributed by atoms with Crippen LogP contribution in [0.25, 0.3) is 0 Å². The van der Waals surface area contributed by atoms with Crippen molar-refractivity contribution < 1.29 is 14.6 Å². The van der Waals surface area contributed by atoms with Crippen molar-refractivity contribution in [1.82, 2.24) is 4.98 Å². The minimum absolute atomic E-state index is 0.208. The van der Waals surface area contributed by atoms with E-state index in [1.165, 1.54) is 0 Å². The normalized spacial score (nSPS) is 14.5. The number of aliphatic hydroxyl groups excluding tert-OH is 1. The second-order valence-electron chi connectivity index (χ2n) is 4.37. The van der Waals surface area contributed by atoms with Crippen molar-refractivity contribution in [2.24, 2.45) is 0 Å². The molecule has 0 bridgehead atoms. The number of pyridine rings is 1. The van der Waals surface area contributed by atoms with E-state index in [1.54, 1.807) is 18.5 Å². The summed E-state index contributed by atoms with van der Waals surface area (Å²) in [6.45, 7) is 2.15. The molecular formula is C14H12BrNO3. The van der Waals surface area contributed by atoms with Crippen LogP contribution in [0.3, 0.4) is 0 Å². The quantitative estimate of drug-likeness (QED) is 0.924. The Morgan fingerprint density at radius 3 is 3.00 bits per heavy atom. The number of benzene rings is 1. The zero-order valence-corrected chi connectivity index (χ0v) is 11.8. The SMILES string of the molecule is Cc1ccncc1C(O)c1cc(Br)c2c(c1)OCO2. The Morgan fingerprint density at radius 2 is 2.21 bits per heavy atom. The molecule has 2 heterocycles. The number of rotatable bonds is 2. The van der Waals surface area contributed by atoms with Gasteiger partial charge in [0.1, 0.15) is 6.10 Å². The maximum absolute atomic E-state index is 10.5. The van der Waals surface area contributed by atoms with Gasteiger partial charge in [0, 0.05) is 18.0 Å². The van der Waals surface area contributed by atoms with Gasteiger partial charge in [-0.05, 0) is 52.2 Å². The molecule has 0 fully saturated rings. The molecule has 98 valence electrons. The van der Waals surface area contributed by atoms with E-state index in [4.69, 9.17) is 9.47 Å². The zero-order valence-electron chi connectivity index (χ0n) is 10.3. The molecule has 5 heteroatoms. The second kappa shape index (κ2) is 4.83. The van der Waals surface area contributed by atoms with Crippen LogP contribution < -0.4 is 9.47 Å². The first-order valence-corrected chi connectivity index (χ1v) is 6.63. The summed E-state index contributed by atoms with van der Waals surface area (Å²) in [6.07, 6.45) is 2.65. The van der Waals surface area contributed by atoms with E-state index in [0.717, 1.165) is 21.2 Å². The van der Waals surface area contributed by atoms with Crippen molar-refractivity contribution in [3.05, 3.63) is 51.8 Å². The van der Waals surface area contributed by atoms with E-state index in [1.807, 2.05) is 19.1 Å². The minimum Gasteiger partial charge on any atom is -0.454 e. The van der Waals surface area contributed by atoms with E-state index < -0.39 is 6.10 Å². The standard InChI is InChI=1S/C14H12BrNO3/c1-8-2-3-16-6-10(8)13(17)9-4-11(15)14-12(5-9)18-7-19-14/h2-6,13,17H,7H2,1H3. The molecule has 1 atom stereocenters. The van der Waals surface area contributed by atoms with Crippen molar-refractivity contribution in [2.45, 2.75) is 13.0 Å². The number of hydrogen-bond donors (Lipinski definition) is 1. The average Bonchev–Trinajstić information content (AvgIpc) is 2.87. The molecule has 0 radical (unpaired) electrons. The molecule has 0 amide bonds. The molecular weight excluding hydrogens is 310 g/mol. The molecule has 0 spiro atoms. The highest BCUT2D eigenvalue weighted by Crippen LogP contribution is 2.42. The van der Waals surface area contributed by atoms with E-state index in [0.29, 0.717) is 11.5 Å². The molecule has 19 heavy (non-hydrogen) atoms. The lowest BCUT2D eigenvalue weighted by Gasteiger charge is -2.14. The summed E-state index contributed by atoms with van der Waals surface area (Å²) in [4.78, 5) is 4.06. The number of hydrogen-bond acceptors (Lipinski definition) is 4. The number of halogens is 1. The topological polar surface area (TPSA) is 51.6 Å². The third-order valence-electron chi connectivity index (χ3n) is 3.14. The fraction of sp³-hybridized carbons (Fsp3) is 0.214. The zero-order chi connectivity index (χ0) is 13.4. The lowest BCUT2D eigenvalue weighted by Crippen LogP contribution is -2.02. The molecule has 1 N–H and O–H groups in total. The molecule has 3 rings (SSSR count). The Labute approximate surface area is 119 Å². The van der Waals surface area contributed by atoms with Gasteiger partial charge in [-0.2, -0.15) is 0 Å². The fourth-order valence-electron chi connectivity index (χ4n) is 2.09. The highest BCUT2D eigenvalue weighted by Gasteiger charge is 2.22. The third kappa shape index (κ3) is 2.19. The predicted octanol–water partition coefficient (Wildman–Crippen LogP) is 2.96. The van der Waals surface area contributed by atoms with Gasteiger partial charge in [-0.3, -0.25) is 4.98 Å². The monoisotopic (exact) mass is 321 g/mol. The highest BCUT2D eigenvalue weighted by molar-refractivity contribution is 9.10. The van der Waals surface area contributed by atoms with Crippen molar-refractivity contribution in [1.29, 1.82) is 0 Å². The Morgan fingerprint density at radius 1 is 1.37 bits per heavy atom. The van der Waals surface area contributed by atoms with Crippen LogP contribution in [0.4, 0.5) is 0 Å². The minimum atomic E-state index is -0.737. The molecule has 1 aromatic carbocycles. The second-order valence-corrected chi connectivity index (χ2v) is 5.23. The Bertz CT molecular complexity index is 630. The van der Waals surface area contributed by atoms with Crippen LogP contribution in [0.2, 0.25) is 0 Å². The predicted molar refractivity (Wildman–Crippen MR) is 73.3 cm³/mol. The van der Waals surface area contributed by atoms with Crippen molar-refractivity contribution in [3.8, 4) is 11.5 Å². The smallest absolute Gasteiger partial charge is 0.231 e. The molecule has 0 aliphatic carbocycles. The number of aliphatic hydroxyl groups is 1. The first kappa shape index (κ1) is 12.4. The number of aryl methyl sites for hydroxylation is 1. The molecule has 0 saturated carbocycles.